The number of carboxylic acid groups (broad SMARTS) is 1. The van der Waals surface area contributed by atoms with Crippen molar-refractivity contribution in [3.05, 3.63) is 53.6 Å². The molecular formula is C23H22ClNO5. The number of carbonyl (C=O) groups is 1. The zero-order chi connectivity index (χ0) is 21.1. The third kappa shape index (κ3) is 4.35. The van der Waals surface area contributed by atoms with Crippen LogP contribution in [0.3, 0.4) is 0 Å². The molecule has 0 radical (unpaired) electrons. The van der Waals surface area contributed by atoms with E-state index in [0.29, 0.717) is 42.5 Å². The molecule has 1 aromatic heterocycles. The first kappa shape index (κ1) is 20.4. The Morgan fingerprint density at radius 2 is 1.93 bits per heavy atom. The molecule has 0 spiro atoms. The Balaban J connectivity index is 1.38. The smallest absolute Gasteiger partial charge is 0.306 e. The second-order valence-electron chi connectivity index (χ2n) is 7.22. The zero-order valence-electron chi connectivity index (χ0n) is 16.5. The molecule has 3 aromatic rings. The summed E-state index contributed by atoms with van der Waals surface area (Å²) in [5, 5.41) is 10.4. The molecule has 0 amide bonds. The highest BCUT2D eigenvalue weighted by atomic mass is 35.5. The molecule has 1 N–H and O–H groups in total. The van der Waals surface area contributed by atoms with Gasteiger partial charge in [0.15, 0.2) is 0 Å². The molecule has 1 fully saturated rings. The Labute approximate surface area is 179 Å². The van der Waals surface area contributed by atoms with Crippen molar-refractivity contribution in [2.75, 3.05) is 20.3 Å². The van der Waals surface area contributed by atoms with Crippen LogP contribution >= 0.6 is 11.6 Å². The molecule has 0 atom stereocenters. The lowest BCUT2D eigenvalue weighted by atomic mass is 9.82. The van der Waals surface area contributed by atoms with Crippen LogP contribution in [0, 0.1) is 5.92 Å². The molecule has 156 valence electrons. The quantitative estimate of drug-likeness (QED) is 0.519. The maximum atomic E-state index is 10.8. The lowest BCUT2D eigenvalue weighted by molar-refractivity contribution is -0.151. The predicted molar refractivity (Wildman–Crippen MR) is 114 cm³/mol. The summed E-state index contributed by atoms with van der Waals surface area (Å²) in [6.45, 7) is 0.831. The van der Waals surface area contributed by atoms with Crippen molar-refractivity contribution < 1.29 is 24.1 Å². The number of hydrogen-bond donors (Lipinski definition) is 1. The van der Waals surface area contributed by atoms with Crippen molar-refractivity contribution in [2.24, 2.45) is 5.92 Å². The van der Waals surface area contributed by atoms with E-state index in [1.165, 1.54) is 0 Å². The van der Waals surface area contributed by atoms with E-state index in [-0.39, 0.29) is 12.0 Å². The Morgan fingerprint density at radius 1 is 1.17 bits per heavy atom. The molecule has 0 saturated heterocycles. The number of rotatable bonds is 8. The van der Waals surface area contributed by atoms with Crippen molar-refractivity contribution in [2.45, 2.75) is 18.9 Å². The third-order valence-electron chi connectivity index (χ3n) is 5.26. The SMILES string of the molecule is COc1cc2cccc(Cl)c2nc1-c1ccc(OCCOC2CC(C(=O)O)C2)cc1. The highest BCUT2D eigenvalue weighted by Crippen LogP contribution is 2.34. The van der Waals surface area contributed by atoms with Gasteiger partial charge in [-0.25, -0.2) is 4.98 Å². The Morgan fingerprint density at radius 3 is 2.63 bits per heavy atom. The van der Waals surface area contributed by atoms with Gasteiger partial charge in [0.2, 0.25) is 0 Å². The molecule has 1 saturated carbocycles. The molecule has 1 aliphatic carbocycles. The van der Waals surface area contributed by atoms with Crippen molar-refractivity contribution in [1.82, 2.24) is 4.98 Å². The summed E-state index contributed by atoms with van der Waals surface area (Å²) in [6.07, 6.45) is 1.18. The number of pyridine rings is 1. The zero-order valence-corrected chi connectivity index (χ0v) is 17.3. The van der Waals surface area contributed by atoms with Gasteiger partial charge < -0.3 is 19.3 Å². The van der Waals surface area contributed by atoms with Crippen LogP contribution in [0.5, 0.6) is 11.5 Å². The number of nitrogens with zero attached hydrogens (tertiary/aromatic N) is 1. The van der Waals surface area contributed by atoms with Gasteiger partial charge in [-0.05, 0) is 49.2 Å². The number of ether oxygens (including phenoxy) is 3. The lowest BCUT2D eigenvalue weighted by Crippen LogP contribution is -2.36. The van der Waals surface area contributed by atoms with Crippen LogP contribution in [-0.2, 0) is 9.53 Å². The van der Waals surface area contributed by atoms with Crippen LogP contribution in [0.4, 0.5) is 0 Å². The molecule has 4 rings (SSSR count). The van der Waals surface area contributed by atoms with Crippen molar-refractivity contribution in [3.8, 4) is 22.8 Å². The maximum absolute atomic E-state index is 10.8. The molecule has 0 aliphatic heterocycles. The Bertz CT molecular complexity index is 1050. The molecular weight excluding hydrogens is 406 g/mol. The highest BCUT2D eigenvalue weighted by Gasteiger charge is 2.34. The standard InChI is InChI=1S/C23H22ClNO5/c1-28-20-13-15-3-2-4-19(24)21(15)25-22(20)14-5-7-17(8-6-14)29-9-10-30-18-11-16(12-18)23(26)27/h2-8,13,16,18H,9-12H2,1H3,(H,26,27). The number of para-hydroxylation sites is 1. The monoisotopic (exact) mass is 427 g/mol. The molecule has 1 aliphatic rings. The largest absolute Gasteiger partial charge is 0.494 e. The van der Waals surface area contributed by atoms with Crippen molar-refractivity contribution in [1.29, 1.82) is 0 Å². The van der Waals surface area contributed by atoms with Crippen molar-refractivity contribution in [3.63, 3.8) is 0 Å². The summed E-state index contributed by atoms with van der Waals surface area (Å²) in [4.78, 5) is 15.5. The van der Waals surface area contributed by atoms with Gasteiger partial charge >= 0.3 is 5.97 Å². The predicted octanol–water partition coefficient (Wildman–Crippen LogP) is 4.82. The average Bonchev–Trinajstić information content (AvgIpc) is 2.72. The highest BCUT2D eigenvalue weighted by molar-refractivity contribution is 6.35. The molecule has 2 aromatic carbocycles. The molecule has 0 unspecified atom stereocenters. The van der Waals surface area contributed by atoms with Crippen LogP contribution in [0.1, 0.15) is 12.8 Å². The van der Waals surface area contributed by atoms with Crippen LogP contribution in [0.15, 0.2) is 48.5 Å². The normalized spacial score (nSPS) is 18.1. The van der Waals surface area contributed by atoms with E-state index in [2.05, 4.69) is 0 Å². The summed E-state index contributed by atoms with van der Waals surface area (Å²) >= 11 is 6.30. The van der Waals surface area contributed by atoms with Gasteiger partial charge in [0.25, 0.3) is 0 Å². The molecule has 1 heterocycles. The van der Waals surface area contributed by atoms with Gasteiger partial charge in [-0.2, -0.15) is 0 Å². The van der Waals surface area contributed by atoms with Gasteiger partial charge in [0.1, 0.15) is 23.8 Å². The van der Waals surface area contributed by atoms with E-state index < -0.39 is 5.97 Å². The second-order valence-corrected chi connectivity index (χ2v) is 7.63. The van der Waals surface area contributed by atoms with Gasteiger partial charge in [-0.15, -0.1) is 0 Å². The summed E-state index contributed by atoms with van der Waals surface area (Å²) in [6, 6.07) is 15.2. The summed E-state index contributed by atoms with van der Waals surface area (Å²) < 4.78 is 16.9. The molecule has 0 bridgehead atoms. The maximum Gasteiger partial charge on any atom is 0.306 e. The number of aliphatic carboxylic acids is 1. The lowest BCUT2D eigenvalue weighted by Gasteiger charge is -2.31. The van der Waals surface area contributed by atoms with E-state index in [4.69, 9.17) is 35.9 Å². The fourth-order valence-electron chi connectivity index (χ4n) is 3.49. The third-order valence-corrected chi connectivity index (χ3v) is 5.56. The first-order valence-corrected chi connectivity index (χ1v) is 10.1. The fourth-order valence-corrected chi connectivity index (χ4v) is 3.72. The molecule has 6 nitrogen and oxygen atoms in total. The Hall–Kier alpha value is -2.83. The average molecular weight is 428 g/mol. The topological polar surface area (TPSA) is 77.9 Å². The molecule has 30 heavy (non-hydrogen) atoms. The van der Waals surface area contributed by atoms with Gasteiger partial charge in [-0.3, -0.25) is 4.79 Å². The van der Waals surface area contributed by atoms with Gasteiger partial charge in [0, 0.05) is 10.9 Å². The number of aromatic nitrogens is 1. The number of benzene rings is 2. The van der Waals surface area contributed by atoms with Crippen LogP contribution in [0.2, 0.25) is 5.02 Å². The molecule has 7 heteroatoms. The summed E-state index contributed by atoms with van der Waals surface area (Å²) in [7, 11) is 1.62. The fraction of sp³-hybridized carbons (Fsp3) is 0.304. The number of carboxylic acids is 1. The van der Waals surface area contributed by atoms with Gasteiger partial charge in [-0.1, -0.05) is 23.7 Å². The van der Waals surface area contributed by atoms with Crippen LogP contribution in [0.25, 0.3) is 22.2 Å². The van der Waals surface area contributed by atoms with E-state index in [0.717, 1.165) is 22.2 Å². The number of hydrogen-bond acceptors (Lipinski definition) is 5. The van der Waals surface area contributed by atoms with Crippen LogP contribution < -0.4 is 9.47 Å². The summed E-state index contributed by atoms with van der Waals surface area (Å²) in [5.74, 6) is 0.384. The van der Waals surface area contributed by atoms with E-state index >= 15 is 0 Å². The first-order chi connectivity index (χ1) is 14.5. The second kappa shape index (κ2) is 8.90. The number of methoxy groups -OCH3 is 1. The Kier molecular flexibility index (Phi) is 6.06. The minimum atomic E-state index is -0.744. The van der Waals surface area contributed by atoms with E-state index in [1.807, 2.05) is 48.5 Å². The minimum absolute atomic E-state index is 0.0235. The number of halogens is 1. The first-order valence-electron chi connectivity index (χ1n) is 9.76. The minimum Gasteiger partial charge on any atom is -0.494 e. The van der Waals surface area contributed by atoms with Gasteiger partial charge in [0.05, 0.1) is 36.3 Å². The van der Waals surface area contributed by atoms with Crippen LogP contribution in [-0.4, -0.2) is 42.5 Å². The summed E-state index contributed by atoms with van der Waals surface area (Å²) in [5.41, 5.74) is 2.34. The van der Waals surface area contributed by atoms with E-state index in [1.54, 1.807) is 7.11 Å². The van der Waals surface area contributed by atoms with E-state index in [9.17, 15) is 4.79 Å². The number of fused-ring (bicyclic) bond motifs is 1. The van der Waals surface area contributed by atoms with Crippen molar-refractivity contribution >= 4 is 28.5 Å².